The summed E-state index contributed by atoms with van der Waals surface area (Å²) >= 11 is 0. The average Bonchev–Trinajstić information content (AvgIpc) is 1.66. The second-order valence-electron chi connectivity index (χ2n) is 0.800. The highest BCUT2D eigenvalue weighted by Crippen LogP contribution is 1.70. The van der Waals surface area contributed by atoms with Crippen molar-refractivity contribution in [2.45, 2.75) is 0 Å². The van der Waals surface area contributed by atoms with E-state index in [0.717, 1.165) is 0 Å². The molecule has 0 rings (SSSR count). The number of rotatable bonds is 4. The number of hydrogen-bond donors (Lipinski definition) is 3. The van der Waals surface area contributed by atoms with E-state index in [4.69, 9.17) is 15.1 Å². The van der Waals surface area contributed by atoms with E-state index in [2.05, 4.69) is 9.14 Å². The zero-order chi connectivity index (χ0) is 6.41. The fourth-order valence-electron chi connectivity index (χ4n) is 0.107. The van der Waals surface area contributed by atoms with Crippen LogP contribution in [0.15, 0.2) is 0 Å². The van der Waals surface area contributed by atoms with Gasteiger partial charge in [-0.3, -0.25) is 0 Å². The lowest BCUT2D eigenvalue weighted by atomic mass is 10.2. The first-order valence-corrected chi connectivity index (χ1v) is 1.72. The van der Waals surface area contributed by atoms with Crippen LogP contribution in [-0.4, -0.2) is 37.8 Å². The van der Waals surface area contributed by atoms with Crippen LogP contribution in [0.3, 0.4) is 0 Å². The highest BCUT2D eigenvalue weighted by Gasteiger charge is 2.08. The second kappa shape index (κ2) is 5.14. The first-order valence-electron chi connectivity index (χ1n) is 1.72. The molecule has 0 unspecified atom stereocenters. The third-order valence-electron chi connectivity index (χ3n) is 0.294. The van der Waals surface area contributed by atoms with Crippen LogP contribution in [-0.2, 0) is 9.14 Å². The van der Waals surface area contributed by atoms with Crippen LogP contribution in [0.2, 0.25) is 0 Å². The highest BCUT2D eigenvalue weighted by atomic mass is 16.7. The molecule has 0 saturated heterocycles. The van der Waals surface area contributed by atoms with Gasteiger partial charge in [-0.1, -0.05) is 0 Å². The molecule has 0 atom stereocenters. The minimum Gasteiger partial charge on any atom is -0.456 e. The molecule has 3 N–H and O–H groups in total. The maximum Gasteiger partial charge on any atom is 0.619 e. The lowest BCUT2D eigenvalue weighted by molar-refractivity contribution is 0.274. The fraction of sp³-hybridized carbons (Fsp3) is 0. The Morgan fingerprint density at radius 3 is 2.38 bits per heavy atom. The summed E-state index contributed by atoms with van der Waals surface area (Å²) in [6.45, 7) is 0. The van der Waals surface area contributed by atoms with E-state index in [1.165, 1.54) is 0 Å². The Bertz CT molecular complexity index is 44.9. The van der Waals surface area contributed by atoms with Gasteiger partial charge in [0.15, 0.2) is 0 Å². The molecule has 0 heterocycles. The first kappa shape index (κ1) is 7.99. The maximum atomic E-state index is 7.91. The van der Waals surface area contributed by atoms with Crippen molar-refractivity contribution in [2.75, 3.05) is 0 Å². The molecule has 0 spiro atoms. The molecule has 0 bridgehead atoms. The van der Waals surface area contributed by atoms with Crippen molar-refractivity contribution in [2.24, 2.45) is 0 Å². The van der Waals surface area contributed by atoms with Gasteiger partial charge < -0.3 is 24.2 Å². The smallest absolute Gasteiger partial charge is 0.456 e. The van der Waals surface area contributed by atoms with Crippen LogP contribution in [0, 0.1) is 0 Å². The van der Waals surface area contributed by atoms with Gasteiger partial charge in [-0.2, -0.15) is 0 Å². The molecular formula is H3B3O5. The minimum atomic E-state index is -1.91. The molecule has 0 saturated carbocycles. The Morgan fingerprint density at radius 1 is 1.38 bits per heavy atom. The van der Waals surface area contributed by atoms with Crippen molar-refractivity contribution in [3.8, 4) is 0 Å². The van der Waals surface area contributed by atoms with E-state index in [1.807, 2.05) is 0 Å². The minimum absolute atomic E-state index is 0.336. The Hall–Kier alpha value is -0.00519. The van der Waals surface area contributed by atoms with Crippen molar-refractivity contribution in [1.82, 2.24) is 0 Å². The molecule has 2 radical (unpaired) electrons. The second-order valence-corrected chi connectivity index (χ2v) is 0.800. The average molecular weight is 115 g/mol. The fourth-order valence-corrected chi connectivity index (χ4v) is 0.107. The van der Waals surface area contributed by atoms with Gasteiger partial charge in [0.05, 0.1) is 0 Å². The molecule has 0 fully saturated rings. The first-order chi connectivity index (χ1) is 3.77. The summed E-state index contributed by atoms with van der Waals surface area (Å²) in [7, 11) is -0.998. The summed E-state index contributed by atoms with van der Waals surface area (Å²) in [5, 5.41) is 23.6. The molecule has 8 heavy (non-hydrogen) atoms. The SMILES string of the molecule is O[B]O[B]OB(O)O. The van der Waals surface area contributed by atoms with E-state index in [0.29, 0.717) is 15.4 Å². The van der Waals surface area contributed by atoms with Crippen LogP contribution in [0.4, 0.5) is 0 Å². The van der Waals surface area contributed by atoms with Gasteiger partial charge >= 0.3 is 22.7 Å². The zero-order valence-corrected chi connectivity index (χ0v) is 3.89. The summed E-state index contributed by atoms with van der Waals surface area (Å²) in [6, 6.07) is 0. The Balaban J connectivity index is 2.72. The summed E-state index contributed by atoms with van der Waals surface area (Å²) in [4.78, 5) is 0. The van der Waals surface area contributed by atoms with Crippen LogP contribution in [0.5, 0.6) is 0 Å². The molecule has 0 amide bonds. The van der Waals surface area contributed by atoms with Crippen LogP contribution in [0.25, 0.3) is 0 Å². The third kappa shape index (κ3) is 5.99. The Morgan fingerprint density at radius 2 is 2.00 bits per heavy atom. The van der Waals surface area contributed by atoms with E-state index < -0.39 is 7.32 Å². The van der Waals surface area contributed by atoms with Crippen LogP contribution < -0.4 is 0 Å². The topological polar surface area (TPSA) is 79.2 Å². The molecule has 5 nitrogen and oxygen atoms in total. The normalized spacial score (nSPS) is 8.38. The maximum absolute atomic E-state index is 7.91. The quantitative estimate of drug-likeness (QED) is 0.270. The summed E-state index contributed by atoms with van der Waals surface area (Å²) in [6.07, 6.45) is 0. The highest BCUT2D eigenvalue weighted by molar-refractivity contribution is 6.46. The zero-order valence-electron chi connectivity index (χ0n) is 3.89. The van der Waals surface area contributed by atoms with E-state index in [9.17, 15) is 0 Å². The summed E-state index contributed by atoms with van der Waals surface area (Å²) < 4.78 is 7.76. The largest absolute Gasteiger partial charge is 0.619 e. The van der Waals surface area contributed by atoms with Crippen LogP contribution >= 0.6 is 0 Å². The molecule has 0 aliphatic rings. The third-order valence-corrected chi connectivity index (χ3v) is 0.294. The molecule has 0 aromatic rings. The lowest BCUT2D eigenvalue weighted by Gasteiger charge is -1.95. The summed E-state index contributed by atoms with van der Waals surface area (Å²) in [5.41, 5.74) is 0. The van der Waals surface area contributed by atoms with E-state index >= 15 is 0 Å². The van der Waals surface area contributed by atoms with Gasteiger partial charge in [-0.15, -0.1) is 0 Å². The van der Waals surface area contributed by atoms with Gasteiger partial charge in [0, 0.05) is 0 Å². The van der Waals surface area contributed by atoms with Gasteiger partial charge in [-0.25, -0.2) is 0 Å². The molecule has 42 valence electrons. The van der Waals surface area contributed by atoms with Crippen LogP contribution in [0.1, 0.15) is 0 Å². The molecule has 0 aliphatic heterocycles. The molecule has 0 aliphatic carbocycles. The molecule has 0 aromatic carbocycles. The predicted molar refractivity (Wildman–Crippen MR) is 26.1 cm³/mol. The molecule has 8 heteroatoms. The van der Waals surface area contributed by atoms with Crippen molar-refractivity contribution in [1.29, 1.82) is 0 Å². The summed E-state index contributed by atoms with van der Waals surface area (Å²) in [5.74, 6) is 0. The van der Waals surface area contributed by atoms with Crippen molar-refractivity contribution in [3.63, 3.8) is 0 Å². The van der Waals surface area contributed by atoms with Gasteiger partial charge in [0.25, 0.3) is 0 Å². The monoisotopic (exact) mass is 116 g/mol. The van der Waals surface area contributed by atoms with Gasteiger partial charge in [0.1, 0.15) is 0 Å². The molecule has 0 aromatic heterocycles. The Labute approximate surface area is 48.0 Å². The van der Waals surface area contributed by atoms with Crippen molar-refractivity contribution >= 4 is 22.7 Å². The van der Waals surface area contributed by atoms with Gasteiger partial charge in [0.2, 0.25) is 0 Å². The number of hydrogen-bond acceptors (Lipinski definition) is 5. The Kier molecular flexibility index (Phi) is 5.13. The lowest BCUT2D eigenvalue weighted by Crippen LogP contribution is -2.22. The standard InChI is InChI=1S/B3H3O5/c4-1-7-2-8-3(5)6/h4-6H. The van der Waals surface area contributed by atoms with Crippen molar-refractivity contribution in [3.05, 3.63) is 0 Å². The predicted octanol–water partition coefficient (Wildman–Crippen LogP) is -2.95. The van der Waals surface area contributed by atoms with E-state index in [1.54, 1.807) is 0 Å². The van der Waals surface area contributed by atoms with Crippen molar-refractivity contribution < 1.29 is 24.2 Å². The van der Waals surface area contributed by atoms with Gasteiger partial charge in [-0.05, 0) is 0 Å². The molecular weight excluding hydrogens is 112 g/mol. The van der Waals surface area contributed by atoms with E-state index in [-0.39, 0.29) is 0 Å².